The maximum Gasteiger partial charge on any atom is 0.416 e. The Morgan fingerprint density at radius 2 is 1.70 bits per heavy atom. The Hall–Kier alpha value is -4.08. The molecule has 10 heteroatoms. The van der Waals surface area contributed by atoms with Gasteiger partial charge in [-0.05, 0) is 74.7 Å². The molecule has 4 rings (SSSR count). The van der Waals surface area contributed by atoms with E-state index in [0.717, 1.165) is 23.0 Å². The Balaban J connectivity index is 1.51. The molecule has 0 fully saturated rings. The number of hydrogen-bond acceptors (Lipinski definition) is 3. The molecule has 1 amide bonds. The lowest BCUT2D eigenvalue weighted by molar-refractivity contribution is -0.137. The molecule has 0 bridgehead atoms. The van der Waals surface area contributed by atoms with Crippen LogP contribution in [0.5, 0.6) is 0 Å². The molecule has 4 aromatic rings. The second kappa shape index (κ2) is 9.76. The fraction of sp³-hybridized carbons (Fsp3) is 0.296. The molecule has 0 radical (unpaired) electrons. The van der Waals surface area contributed by atoms with Gasteiger partial charge in [-0.1, -0.05) is 12.1 Å². The van der Waals surface area contributed by atoms with E-state index in [1.165, 1.54) is 27.7 Å². The highest BCUT2D eigenvalue weighted by Gasteiger charge is 2.30. The van der Waals surface area contributed by atoms with E-state index in [0.29, 0.717) is 36.3 Å². The molecule has 0 aliphatic rings. The first kappa shape index (κ1) is 26.0. The number of halogens is 3. The highest BCUT2D eigenvalue weighted by Crippen LogP contribution is 2.31. The molecule has 2 aromatic carbocycles. The third kappa shape index (κ3) is 5.68. The van der Waals surface area contributed by atoms with E-state index < -0.39 is 23.4 Å². The van der Waals surface area contributed by atoms with Gasteiger partial charge in [-0.25, -0.2) is 4.79 Å². The molecule has 2 aromatic heterocycles. The van der Waals surface area contributed by atoms with Gasteiger partial charge in [0.25, 0.3) is 5.56 Å². The Labute approximate surface area is 211 Å². The Morgan fingerprint density at radius 3 is 2.30 bits per heavy atom. The van der Waals surface area contributed by atoms with Crippen molar-refractivity contribution < 1.29 is 23.1 Å². The molecule has 1 N–H and O–H groups in total. The summed E-state index contributed by atoms with van der Waals surface area (Å²) in [6.45, 7) is 6.46. The first-order chi connectivity index (χ1) is 17.3. The number of alkyl halides is 3. The van der Waals surface area contributed by atoms with E-state index in [4.69, 9.17) is 0 Å². The van der Waals surface area contributed by atoms with Gasteiger partial charge in [0.15, 0.2) is 0 Å². The Bertz CT molecular complexity index is 1480. The first-order valence-electron chi connectivity index (χ1n) is 11.7. The molecule has 0 unspecified atom stereocenters. The molecule has 194 valence electrons. The van der Waals surface area contributed by atoms with Crippen molar-refractivity contribution in [2.24, 2.45) is 0 Å². The summed E-state index contributed by atoms with van der Waals surface area (Å²) in [5.74, 6) is 0. The largest absolute Gasteiger partial charge is 0.465 e. The number of amides is 1. The van der Waals surface area contributed by atoms with Crippen LogP contribution in [-0.2, 0) is 12.7 Å². The highest BCUT2D eigenvalue weighted by atomic mass is 19.4. The van der Waals surface area contributed by atoms with E-state index in [-0.39, 0.29) is 5.56 Å². The summed E-state index contributed by atoms with van der Waals surface area (Å²) in [6.07, 6.45) is -1.50. The average molecular weight is 513 g/mol. The zero-order valence-electron chi connectivity index (χ0n) is 20.7. The van der Waals surface area contributed by atoms with E-state index in [1.54, 1.807) is 29.2 Å². The molecule has 0 spiro atoms. The van der Waals surface area contributed by atoms with Crippen LogP contribution in [0.2, 0.25) is 0 Å². The smallest absolute Gasteiger partial charge is 0.416 e. The van der Waals surface area contributed by atoms with Crippen molar-refractivity contribution in [1.29, 1.82) is 0 Å². The summed E-state index contributed by atoms with van der Waals surface area (Å²) in [5, 5.41) is 14.7. The standard InChI is InChI=1S/C27H27F3N4O3/c1-26(2,3)33(25(36)37)12-4-13-34-23-10-9-22(15-20(23)17-31-34)32-14-11-19(16-24(32)35)18-5-7-21(8-6-18)27(28,29)30/h5-11,14-17H,4,12-13H2,1-3H3,(H,36,37). The molecule has 7 nitrogen and oxygen atoms in total. The lowest BCUT2D eigenvalue weighted by Crippen LogP contribution is -2.45. The summed E-state index contributed by atoms with van der Waals surface area (Å²) >= 11 is 0. The van der Waals surface area contributed by atoms with Gasteiger partial charge in [0.1, 0.15) is 0 Å². The van der Waals surface area contributed by atoms with Crippen LogP contribution in [-0.4, -0.2) is 42.5 Å². The average Bonchev–Trinajstić information content (AvgIpc) is 3.22. The van der Waals surface area contributed by atoms with Crippen LogP contribution in [0, 0.1) is 0 Å². The predicted octanol–water partition coefficient (Wildman–Crippen LogP) is 6.04. The van der Waals surface area contributed by atoms with Crippen molar-refractivity contribution in [3.05, 3.63) is 82.9 Å². The monoisotopic (exact) mass is 512 g/mol. The van der Waals surface area contributed by atoms with Crippen molar-refractivity contribution in [1.82, 2.24) is 19.2 Å². The number of pyridine rings is 1. The van der Waals surface area contributed by atoms with Gasteiger partial charge in [-0.15, -0.1) is 0 Å². The molecule has 0 aliphatic carbocycles. The number of nitrogens with zero attached hydrogens (tertiary/aromatic N) is 4. The zero-order valence-corrected chi connectivity index (χ0v) is 20.7. The summed E-state index contributed by atoms with van der Waals surface area (Å²) < 4.78 is 41.7. The number of hydrogen-bond donors (Lipinski definition) is 1. The van der Waals surface area contributed by atoms with Crippen LogP contribution in [0.15, 0.2) is 71.8 Å². The van der Waals surface area contributed by atoms with E-state index in [2.05, 4.69) is 5.10 Å². The summed E-state index contributed by atoms with van der Waals surface area (Å²) in [4.78, 5) is 25.8. The molecule has 37 heavy (non-hydrogen) atoms. The van der Waals surface area contributed by atoms with Gasteiger partial charge in [0, 0.05) is 42.0 Å². The minimum Gasteiger partial charge on any atom is -0.465 e. The predicted molar refractivity (Wildman–Crippen MR) is 135 cm³/mol. The van der Waals surface area contributed by atoms with Crippen LogP contribution < -0.4 is 5.56 Å². The Kier molecular flexibility index (Phi) is 6.86. The van der Waals surface area contributed by atoms with Crippen molar-refractivity contribution in [2.75, 3.05) is 6.54 Å². The minimum absolute atomic E-state index is 0.319. The molecule has 2 heterocycles. The van der Waals surface area contributed by atoms with E-state index >= 15 is 0 Å². The van der Waals surface area contributed by atoms with Gasteiger partial charge in [0.05, 0.1) is 17.3 Å². The second-order valence-corrected chi connectivity index (χ2v) is 9.77. The topological polar surface area (TPSA) is 80.4 Å². The fourth-order valence-corrected chi connectivity index (χ4v) is 4.22. The number of aryl methyl sites for hydroxylation is 1. The number of carbonyl (C=O) groups is 1. The molecular weight excluding hydrogens is 485 g/mol. The third-order valence-electron chi connectivity index (χ3n) is 6.16. The van der Waals surface area contributed by atoms with Gasteiger partial charge < -0.3 is 10.0 Å². The Morgan fingerprint density at radius 1 is 1.00 bits per heavy atom. The molecule has 0 atom stereocenters. The first-order valence-corrected chi connectivity index (χ1v) is 11.7. The van der Waals surface area contributed by atoms with E-state index in [9.17, 15) is 27.9 Å². The maximum atomic E-state index is 12.8. The van der Waals surface area contributed by atoms with Gasteiger partial charge in [0.2, 0.25) is 0 Å². The number of carboxylic acid groups (broad SMARTS) is 1. The number of fused-ring (bicyclic) bond motifs is 1. The van der Waals surface area contributed by atoms with Crippen molar-refractivity contribution >= 4 is 17.0 Å². The van der Waals surface area contributed by atoms with Crippen molar-refractivity contribution in [3.63, 3.8) is 0 Å². The highest BCUT2D eigenvalue weighted by molar-refractivity contribution is 5.81. The lowest BCUT2D eigenvalue weighted by atomic mass is 10.0. The van der Waals surface area contributed by atoms with Crippen molar-refractivity contribution in [2.45, 2.75) is 45.5 Å². The molecule has 0 saturated carbocycles. The number of rotatable bonds is 6. The third-order valence-corrected chi connectivity index (χ3v) is 6.16. The van der Waals surface area contributed by atoms with Crippen LogP contribution >= 0.6 is 0 Å². The van der Waals surface area contributed by atoms with Crippen LogP contribution in [0.1, 0.15) is 32.8 Å². The van der Waals surface area contributed by atoms with Crippen LogP contribution in [0.3, 0.4) is 0 Å². The van der Waals surface area contributed by atoms with Gasteiger partial charge >= 0.3 is 12.3 Å². The minimum atomic E-state index is -4.42. The summed E-state index contributed by atoms with van der Waals surface area (Å²) in [7, 11) is 0. The van der Waals surface area contributed by atoms with Crippen molar-refractivity contribution in [3.8, 4) is 16.8 Å². The number of aromatic nitrogens is 3. The SMILES string of the molecule is CC(C)(C)N(CCCn1ncc2cc(-n3ccc(-c4ccc(C(F)(F)F)cc4)cc3=O)ccc21)C(=O)O. The van der Waals surface area contributed by atoms with Crippen LogP contribution in [0.4, 0.5) is 18.0 Å². The van der Waals surface area contributed by atoms with E-state index in [1.807, 2.05) is 32.9 Å². The molecular formula is C27H27F3N4O3. The lowest BCUT2D eigenvalue weighted by Gasteiger charge is -2.33. The fourth-order valence-electron chi connectivity index (χ4n) is 4.22. The van der Waals surface area contributed by atoms with Gasteiger partial charge in [-0.3, -0.25) is 14.0 Å². The van der Waals surface area contributed by atoms with Gasteiger partial charge in [-0.2, -0.15) is 18.3 Å². The second-order valence-electron chi connectivity index (χ2n) is 9.77. The quantitative estimate of drug-likeness (QED) is 0.342. The molecule has 0 aliphatic heterocycles. The van der Waals surface area contributed by atoms with Crippen LogP contribution in [0.25, 0.3) is 27.7 Å². The molecule has 0 saturated heterocycles. The zero-order chi connectivity index (χ0) is 27.0. The maximum absolute atomic E-state index is 12.8. The normalized spacial score (nSPS) is 12.2. The number of benzene rings is 2. The summed E-state index contributed by atoms with van der Waals surface area (Å²) in [6, 6.07) is 13.2. The summed E-state index contributed by atoms with van der Waals surface area (Å²) in [5.41, 5.74) is 0.961.